The Balaban J connectivity index is 2.07. The number of carbonyl (C=O) groups is 1. The molecule has 1 rings (SSSR count). The van der Waals surface area contributed by atoms with E-state index in [0.29, 0.717) is 12.2 Å². The van der Waals surface area contributed by atoms with Crippen LogP contribution >= 0.6 is 0 Å². The summed E-state index contributed by atoms with van der Waals surface area (Å²) in [5.41, 5.74) is -0.367. The van der Waals surface area contributed by atoms with Crippen LogP contribution in [-0.4, -0.2) is 34.8 Å². The number of hydrogen-bond acceptors (Lipinski definition) is 4. The predicted octanol–water partition coefficient (Wildman–Crippen LogP) is -0.0790. The molecule has 1 aromatic rings. The first-order valence-corrected chi connectivity index (χ1v) is 5.61. The van der Waals surface area contributed by atoms with Gasteiger partial charge >= 0.3 is 5.69 Å². The third-order valence-electron chi connectivity index (χ3n) is 2.26. The Bertz CT molecular complexity index is 385. The summed E-state index contributed by atoms with van der Waals surface area (Å²) in [5, 5.41) is 8.60. The number of ether oxygens (including phenoxy) is 1. The second-order valence-corrected chi connectivity index (χ2v) is 3.70. The quantitative estimate of drug-likeness (QED) is 0.555. The number of unbranched alkanes of at least 4 members (excludes halogenated alkanes) is 2. The van der Waals surface area contributed by atoms with E-state index >= 15 is 0 Å². The van der Waals surface area contributed by atoms with Crippen molar-refractivity contribution in [3.63, 3.8) is 0 Å². The molecule has 0 aromatic carbocycles. The highest BCUT2D eigenvalue weighted by atomic mass is 16.5. The Morgan fingerprint density at radius 1 is 1.41 bits per heavy atom. The van der Waals surface area contributed by atoms with E-state index in [-0.39, 0.29) is 18.1 Å². The van der Waals surface area contributed by atoms with Gasteiger partial charge in [-0.25, -0.2) is 9.89 Å². The summed E-state index contributed by atoms with van der Waals surface area (Å²) in [6, 6.07) is 0. The van der Waals surface area contributed by atoms with E-state index < -0.39 is 0 Å². The fraction of sp³-hybridized carbons (Fsp3) is 0.700. The molecule has 1 heterocycles. The summed E-state index contributed by atoms with van der Waals surface area (Å²) in [7, 11) is 1.66. The SMILES string of the molecule is COCCCCCC(=O)NCc1n[nH]c(=O)[nH]1. The first kappa shape index (κ1) is 13.4. The lowest BCUT2D eigenvalue weighted by Crippen LogP contribution is -2.23. The first-order valence-electron chi connectivity index (χ1n) is 5.61. The Morgan fingerprint density at radius 2 is 2.24 bits per heavy atom. The van der Waals surface area contributed by atoms with Crippen molar-refractivity contribution < 1.29 is 9.53 Å². The van der Waals surface area contributed by atoms with Crippen molar-refractivity contribution in [2.24, 2.45) is 0 Å². The van der Waals surface area contributed by atoms with Crippen molar-refractivity contribution in [3.05, 3.63) is 16.3 Å². The zero-order valence-corrected chi connectivity index (χ0v) is 9.91. The monoisotopic (exact) mass is 242 g/mol. The van der Waals surface area contributed by atoms with Crippen LogP contribution in [0.15, 0.2) is 4.79 Å². The lowest BCUT2D eigenvalue weighted by atomic mass is 10.2. The topological polar surface area (TPSA) is 99.9 Å². The molecule has 0 saturated carbocycles. The summed E-state index contributed by atoms with van der Waals surface area (Å²) < 4.78 is 4.91. The minimum atomic E-state index is -0.367. The van der Waals surface area contributed by atoms with Crippen LogP contribution in [-0.2, 0) is 16.1 Å². The standard InChI is InChI=1S/C10H18N4O3/c1-17-6-4-2-3-5-9(15)11-7-8-12-10(16)14-13-8/h2-7H2,1H3,(H,11,15)(H2,12,13,14,16). The second kappa shape index (κ2) is 7.61. The Hall–Kier alpha value is -1.63. The van der Waals surface area contributed by atoms with Crippen LogP contribution < -0.4 is 11.0 Å². The number of carbonyl (C=O) groups excluding carboxylic acids is 1. The normalized spacial score (nSPS) is 10.4. The first-order chi connectivity index (χ1) is 8.22. The van der Waals surface area contributed by atoms with Crippen LogP contribution in [0, 0.1) is 0 Å². The van der Waals surface area contributed by atoms with Gasteiger partial charge in [0.25, 0.3) is 0 Å². The summed E-state index contributed by atoms with van der Waals surface area (Å²) in [4.78, 5) is 24.6. The molecule has 0 aliphatic heterocycles. The summed E-state index contributed by atoms with van der Waals surface area (Å²) >= 11 is 0. The molecule has 7 heteroatoms. The lowest BCUT2D eigenvalue weighted by molar-refractivity contribution is -0.121. The van der Waals surface area contributed by atoms with E-state index in [1.54, 1.807) is 7.11 Å². The number of aromatic amines is 2. The number of hydrogen-bond donors (Lipinski definition) is 3. The van der Waals surface area contributed by atoms with Crippen LogP contribution in [0.25, 0.3) is 0 Å². The van der Waals surface area contributed by atoms with Gasteiger partial charge in [0.2, 0.25) is 5.91 Å². The van der Waals surface area contributed by atoms with Crippen molar-refractivity contribution in [3.8, 4) is 0 Å². The molecule has 1 amide bonds. The minimum absolute atomic E-state index is 0.0359. The number of nitrogens with one attached hydrogen (secondary N) is 3. The smallest absolute Gasteiger partial charge is 0.340 e. The largest absolute Gasteiger partial charge is 0.385 e. The maximum atomic E-state index is 11.4. The van der Waals surface area contributed by atoms with E-state index in [4.69, 9.17) is 4.74 Å². The van der Waals surface area contributed by atoms with Gasteiger partial charge in [-0.1, -0.05) is 6.42 Å². The highest BCUT2D eigenvalue weighted by Crippen LogP contribution is 1.99. The molecule has 0 aliphatic carbocycles. The number of nitrogens with zero attached hydrogens (tertiary/aromatic N) is 1. The highest BCUT2D eigenvalue weighted by Gasteiger charge is 2.03. The molecule has 0 spiro atoms. The van der Waals surface area contributed by atoms with Gasteiger partial charge in [-0.15, -0.1) is 0 Å². The number of amides is 1. The van der Waals surface area contributed by atoms with Crippen LogP contribution in [0.5, 0.6) is 0 Å². The number of methoxy groups -OCH3 is 1. The third kappa shape index (κ3) is 5.86. The van der Waals surface area contributed by atoms with E-state index in [2.05, 4.69) is 20.5 Å². The van der Waals surface area contributed by atoms with Gasteiger partial charge in [0.15, 0.2) is 0 Å². The molecule has 96 valence electrons. The molecular weight excluding hydrogens is 224 g/mol. The van der Waals surface area contributed by atoms with Crippen LogP contribution in [0.3, 0.4) is 0 Å². The molecule has 17 heavy (non-hydrogen) atoms. The van der Waals surface area contributed by atoms with Crippen LogP contribution in [0.2, 0.25) is 0 Å². The van der Waals surface area contributed by atoms with Crippen molar-refractivity contribution in [1.82, 2.24) is 20.5 Å². The lowest BCUT2D eigenvalue weighted by Gasteiger charge is -2.02. The molecule has 7 nitrogen and oxygen atoms in total. The zero-order valence-electron chi connectivity index (χ0n) is 9.91. The molecule has 0 bridgehead atoms. The van der Waals surface area contributed by atoms with E-state index in [0.717, 1.165) is 25.9 Å². The summed E-state index contributed by atoms with van der Waals surface area (Å²) in [5.74, 6) is 0.397. The van der Waals surface area contributed by atoms with Gasteiger partial charge in [-0.05, 0) is 12.8 Å². The van der Waals surface area contributed by atoms with Gasteiger partial charge in [0.1, 0.15) is 5.82 Å². The molecule has 0 radical (unpaired) electrons. The maximum Gasteiger partial charge on any atom is 0.340 e. The van der Waals surface area contributed by atoms with Crippen LogP contribution in [0.1, 0.15) is 31.5 Å². The van der Waals surface area contributed by atoms with Crippen molar-refractivity contribution in [2.45, 2.75) is 32.2 Å². The average molecular weight is 242 g/mol. The molecule has 0 unspecified atom stereocenters. The van der Waals surface area contributed by atoms with Crippen molar-refractivity contribution in [2.75, 3.05) is 13.7 Å². The number of H-pyrrole nitrogens is 2. The second-order valence-electron chi connectivity index (χ2n) is 3.70. The molecule has 3 N–H and O–H groups in total. The summed E-state index contributed by atoms with van der Waals surface area (Å²) in [6.07, 6.45) is 3.27. The fourth-order valence-corrected chi connectivity index (χ4v) is 1.37. The highest BCUT2D eigenvalue weighted by molar-refractivity contribution is 5.75. The van der Waals surface area contributed by atoms with E-state index in [1.807, 2.05) is 0 Å². The molecule has 0 saturated heterocycles. The van der Waals surface area contributed by atoms with E-state index in [9.17, 15) is 9.59 Å². The maximum absolute atomic E-state index is 11.4. The molecular formula is C10H18N4O3. The van der Waals surface area contributed by atoms with E-state index in [1.165, 1.54) is 0 Å². The minimum Gasteiger partial charge on any atom is -0.385 e. The van der Waals surface area contributed by atoms with Crippen molar-refractivity contribution >= 4 is 5.91 Å². The average Bonchev–Trinajstić information content (AvgIpc) is 2.72. The van der Waals surface area contributed by atoms with Crippen molar-refractivity contribution in [1.29, 1.82) is 0 Å². The Morgan fingerprint density at radius 3 is 2.88 bits per heavy atom. The van der Waals surface area contributed by atoms with Gasteiger partial charge in [0, 0.05) is 20.1 Å². The molecule has 0 aliphatic rings. The Kier molecular flexibility index (Phi) is 6.02. The predicted molar refractivity (Wildman–Crippen MR) is 61.4 cm³/mol. The van der Waals surface area contributed by atoms with Gasteiger partial charge in [-0.3, -0.25) is 9.78 Å². The molecule has 0 atom stereocenters. The number of aromatic nitrogens is 3. The summed E-state index contributed by atoms with van der Waals surface area (Å²) in [6.45, 7) is 0.978. The number of rotatable bonds is 8. The Labute approximate surface area is 99.0 Å². The van der Waals surface area contributed by atoms with Crippen LogP contribution in [0.4, 0.5) is 0 Å². The van der Waals surface area contributed by atoms with Gasteiger partial charge in [-0.2, -0.15) is 5.10 Å². The third-order valence-corrected chi connectivity index (χ3v) is 2.26. The zero-order chi connectivity index (χ0) is 12.5. The molecule has 0 fully saturated rings. The molecule has 1 aromatic heterocycles. The van der Waals surface area contributed by atoms with Gasteiger partial charge in [0.05, 0.1) is 6.54 Å². The van der Waals surface area contributed by atoms with Gasteiger partial charge < -0.3 is 10.1 Å². The fourth-order valence-electron chi connectivity index (χ4n) is 1.37.